The molecule has 0 aromatic heterocycles. The van der Waals surface area contributed by atoms with Gasteiger partial charge in [-0.15, -0.1) is 0 Å². The van der Waals surface area contributed by atoms with Gasteiger partial charge < -0.3 is 10.2 Å². The van der Waals surface area contributed by atoms with Gasteiger partial charge in [0.25, 0.3) is 5.91 Å². The van der Waals surface area contributed by atoms with E-state index in [1.165, 1.54) is 0 Å². The normalized spacial score (nSPS) is 10.6. The molecule has 0 unspecified atom stereocenters. The lowest BCUT2D eigenvalue weighted by Crippen LogP contribution is -2.32. The maximum absolute atomic E-state index is 12.4. The van der Waals surface area contributed by atoms with Crippen molar-refractivity contribution >= 4 is 16.7 Å². The lowest BCUT2D eigenvalue weighted by atomic mass is 10.0. The Hall–Kier alpha value is -1.87. The van der Waals surface area contributed by atoms with E-state index in [2.05, 4.69) is 5.32 Å². The molecule has 3 nitrogen and oxygen atoms in total. The van der Waals surface area contributed by atoms with E-state index in [-0.39, 0.29) is 5.91 Å². The largest absolute Gasteiger partial charge is 0.340 e. The van der Waals surface area contributed by atoms with E-state index in [1.807, 2.05) is 56.6 Å². The van der Waals surface area contributed by atoms with Gasteiger partial charge in [-0.3, -0.25) is 4.79 Å². The first kappa shape index (κ1) is 12.6. The van der Waals surface area contributed by atoms with Crippen LogP contribution in [-0.4, -0.2) is 38.0 Å². The minimum Gasteiger partial charge on any atom is -0.340 e. The number of carbonyl (C=O) groups is 1. The second-order valence-corrected chi connectivity index (χ2v) is 4.36. The van der Waals surface area contributed by atoms with Crippen LogP contribution in [0.5, 0.6) is 0 Å². The summed E-state index contributed by atoms with van der Waals surface area (Å²) in [5, 5.41) is 5.17. The predicted molar refractivity (Wildman–Crippen MR) is 74.8 cm³/mol. The van der Waals surface area contributed by atoms with Crippen LogP contribution in [0.4, 0.5) is 0 Å². The molecule has 18 heavy (non-hydrogen) atoms. The summed E-state index contributed by atoms with van der Waals surface area (Å²) < 4.78 is 0. The van der Waals surface area contributed by atoms with Crippen molar-refractivity contribution in [2.75, 3.05) is 27.2 Å². The molecule has 2 rings (SSSR count). The van der Waals surface area contributed by atoms with E-state index in [1.54, 1.807) is 4.90 Å². The number of benzene rings is 2. The van der Waals surface area contributed by atoms with Gasteiger partial charge in [-0.25, -0.2) is 0 Å². The molecule has 0 spiro atoms. The van der Waals surface area contributed by atoms with Crippen LogP contribution in [-0.2, 0) is 0 Å². The van der Waals surface area contributed by atoms with Crippen molar-refractivity contribution in [2.24, 2.45) is 0 Å². The Kier molecular flexibility index (Phi) is 3.95. The highest BCUT2D eigenvalue weighted by atomic mass is 16.2. The monoisotopic (exact) mass is 242 g/mol. The Bertz CT molecular complexity index is 546. The fourth-order valence-electron chi connectivity index (χ4n) is 2.00. The predicted octanol–water partition coefficient (Wildman–Crippen LogP) is 2.13. The first-order chi connectivity index (χ1) is 8.74. The van der Waals surface area contributed by atoms with E-state index in [4.69, 9.17) is 0 Å². The second-order valence-electron chi connectivity index (χ2n) is 4.36. The lowest BCUT2D eigenvalue weighted by Gasteiger charge is -2.18. The Labute approximate surface area is 107 Å². The average Bonchev–Trinajstić information content (AvgIpc) is 2.43. The minimum absolute atomic E-state index is 0.0713. The van der Waals surface area contributed by atoms with E-state index >= 15 is 0 Å². The maximum Gasteiger partial charge on any atom is 0.254 e. The molecule has 2 aromatic carbocycles. The number of carbonyl (C=O) groups excluding carboxylic acids is 1. The van der Waals surface area contributed by atoms with Crippen LogP contribution in [0.15, 0.2) is 42.5 Å². The molecule has 0 fully saturated rings. The maximum atomic E-state index is 12.4. The topological polar surface area (TPSA) is 32.3 Å². The Morgan fingerprint density at radius 1 is 1.17 bits per heavy atom. The highest BCUT2D eigenvalue weighted by Crippen LogP contribution is 2.19. The zero-order valence-electron chi connectivity index (χ0n) is 10.8. The van der Waals surface area contributed by atoms with Gasteiger partial charge in [-0.1, -0.05) is 36.4 Å². The summed E-state index contributed by atoms with van der Waals surface area (Å²) in [4.78, 5) is 14.1. The van der Waals surface area contributed by atoms with E-state index in [9.17, 15) is 4.79 Å². The molecule has 0 aliphatic heterocycles. The van der Waals surface area contributed by atoms with Gasteiger partial charge >= 0.3 is 0 Å². The summed E-state index contributed by atoms with van der Waals surface area (Å²) in [6.07, 6.45) is 0. The minimum atomic E-state index is 0.0713. The number of nitrogens with zero attached hydrogens (tertiary/aromatic N) is 1. The summed E-state index contributed by atoms with van der Waals surface area (Å²) >= 11 is 0. The zero-order chi connectivity index (χ0) is 13.0. The van der Waals surface area contributed by atoms with Crippen molar-refractivity contribution < 1.29 is 4.79 Å². The first-order valence-corrected chi connectivity index (χ1v) is 6.12. The smallest absolute Gasteiger partial charge is 0.254 e. The highest BCUT2D eigenvalue weighted by molar-refractivity contribution is 6.06. The summed E-state index contributed by atoms with van der Waals surface area (Å²) in [6, 6.07) is 13.8. The molecule has 0 aliphatic rings. The number of fused-ring (bicyclic) bond motifs is 1. The third-order valence-electron chi connectivity index (χ3n) is 3.06. The number of likely N-dealkylation sites (N-methyl/N-ethyl adjacent to an activating group) is 2. The van der Waals surface area contributed by atoms with Crippen molar-refractivity contribution in [3.63, 3.8) is 0 Å². The summed E-state index contributed by atoms with van der Waals surface area (Å²) in [7, 11) is 3.72. The summed E-state index contributed by atoms with van der Waals surface area (Å²) in [6.45, 7) is 1.51. The van der Waals surface area contributed by atoms with Gasteiger partial charge in [0.2, 0.25) is 0 Å². The molecular weight excluding hydrogens is 224 g/mol. The van der Waals surface area contributed by atoms with Crippen molar-refractivity contribution in [1.29, 1.82) is 0 Å². The van der Waals surface area contributed by atoms with Crippen LogP contribution >= 0.6 is 0 Å². The molecule has 1 N–H and O–H groups in total. The third kappa shape index (κ3) is 2.51. The van der Waals surface area contributed by atoms with Crippen LogP contribution < -0.4 is 5.32 Å². The van der Waals surface area contributed by atoms with Gasteiger partial charge in [-0.2, -0.15) is 0 Å². The van der Waals surface area contributed by atoms with Crippen molar-refractivity contribution in [2.45, 2.75) is 0 Å². The second kappa shape index (κ2) is 5.65. The molecule has 0 heterocycles. The SMILES string of the molecule is CNCCN(C)C(=O)c1cccc2ccccc12. The van der Waals surface area contributed by atoms with Gasteiger partial charge in [0, 0.05) is 25.7 Å². The standard InChI is InChI=1S/C15H18N2O/c1-16-10-11-17(2)15(18)14-9-5-7-12-6-3-4-8-13(12)14/h3-9,16H,10-11H2,1-2H3. The Morgan fingerprint density at radius 2 is 1.89 bits per heavy atom. The van der Waals surface area contributed by atoms with Gasteiger partial charge in [-0.05, 0) is 23.9 Å². The van der Waals surface area contributed by atoms with Crippen molar-refractivity contribution in [3.8, 4) is 0 Å². The fraction of sp³-hybridized carbons (Fsp3) is 0.267. The molecular formula is C15H18N2O. The number of rotatable bonds is 4. The quantitative estimate of drug-likeness (QED) is 0.890. The first-order valence-electron chi connectivity index (χ1n) is 6.12. The van der Waals surface area contributed by atoms with Crippen LogP contribution in [0.1, 0.15) is 10.4 Å². The molecule has 0 radical (unpaired) electrons. The summed E-state index contributed by atoms with van der Waals surface area (Å²) in [5.41, 5.74) is 0.770. The molecule has 0 atom stereocenters. The summed E-state index contributed by atoms with van der Waals surface area (Å²) in [5.74, 6) is 0.0713. The molecule has 2 aromatic rings. The molecule has 0 bridgehead atoms. The van der Waals surface area contributed by atoms with Gasteiger partial charge in [0.15, 0.2) is 0 Å². The van der Waals surface area contributed by atoms with Crippen molar-refractivity contribution in [1.82, 2.24) is 10.2 Å². The van der Waals surface area contributed by atoms with Crippen LogP contribution in [0.3, 0.4) is 0 Å². The molecule has 0 saturated heterocycles. The zero-order valence-corrected chi connectivity index (χ0v) is 10.8. The van der Waals surface area contributed by atoms with Gasteiger partial charge in [0.1, 0.15) is 0 Å². The van der Waals surface area contributed by atoms with E-state index < -0.39 is 0 Å². The highest BCUT2D eigenvalue weighted by Gasteiger charge is 2.13. The van der Waals surface area contributed by atoms with E-state index in [0.29, 0.717) is 6.54 Å². The van der Waals surface area contributed by atoms with Crippen LogP contribution in [0.2, 0.25) is 0 Å². The van der Waals surface area contributed by atoms with Crippen LogP contribution in [0.25, 0.3) is 10.8 Å². The number of hydrogen-bond acceptors (Lipinski definition) is 2. The van der Waals surface area contributed by atoms with E-state index in [0.717, 1.165) is 22.9 Å². The molecule has 0 aliphatic carbocycles. The third-order valence-corrected chi connectivity index (χ3v) is 3.06. The van der Waals surface area contributed by atoms with Crippen LogP contribution in [0, 0.1) is 0 Å². The molecule has 0 saturated carbocycles. The number of hydrogen-bond donors (Lipinski definition) is 1. The average molecular weight is 242 g/mol. The Morgan fingerprint density at radius 3 is 2.67 bits per heavy atom. The number of amides is 1. The lowest BCUT2D eigenvalue weighted by molar-refractivity contribution is 0.0799. The Balaban J connectivity index is 2.33. The fourth-order valence-corrected chi connectivity index (χ4v) is 2.00. The molecule has 94 valence electrons. The van der Waals surface area contributed by atoms with Gasteiger partial charge in [0.05, 0.1) is 0 Å². The molecule has 1 amide bonds. The molecule has 3 heteroatoms. The number of nitrogens with one attached hydrogen (secondary N) is 1. The van der Waals surface area contributed by atoms with Crippen molar-refractivity contribution in [3.05, 3.63) is 48.0 Å².